The third-order valence-corrected chi connectivity index (χ3v) is 3.57. The topological polar surface area (TPSA) is 74.2 Å². The molecule has 0 bridgehead atoms. The average Bonchev–Trinajstić information content (AvgIpc) is 2.87. The zero-order valence-electron chi connectivity index (χ0n) is 11.3. The third kappa shape index (κ3) is 2.90. The van der Waals surface area contributed by atoms with E-state index in [4.69, 9.17) is 15.0 Å². The molecule has 2 heterocycles. The highest BCUT2D eigenvalue weighted by molar-refractivity contribution is 5.02. The number of rotatable bonds is 5. The maximum atomic E-state index is 6.03. The Balaban J connectivity index is 2.04. The first-order valence-electron chi connectivity index (χ1n) is 6.89. The van der Waals surface area contributed by atoms with Gasteiger partial charge in [0.05, 0.1) is 6.04 Å². The Morgan fingerprint density at radius 3 is 2.94 bits per heavy atom. The summed E-state index contributed by atoms with van der Waals surface area (Å²) in [5, 5.41) is 4.05. The van der Waals surface area contributed by atoms with E-state index >= 15 is 0 Å². The Labute approximate surface area is 108 Å². The molecule has 0 saturated carbocycles. The van der Waals surface area contributed by atoms with Crippen LogP contribution in [0.15, 0.2) is 4.52 Å². The number of nitrogens with two attached hydrogens (primary N) is 1. The molecule has 1 saturated heterocycles. The molecule has 18 heavy (non-hydrogen) atoms. The van der Waals surface area contributed by atoms with Crippen molar-refractivity contribution in [3.05, 3.63) is 11.7 Å². The van der Waals surface area contributed by atoms with Crippen molar-refractivity contribution < 1.29 is 9.26 Å². The largest absolute Gasteiger partial charge is 0.367 e. The summed E-state index contributed by atoms with van der Waals surface area (Å²) in [4.78, 5) is 4.43. The standard InChI is InChI=1S/C13H23N3O2/c1-3-4-7-10(14)11-15-12(16-18-11)13(2)8-5-6-9-17-13/h10H,3-9,14H2,1-2H3/t10-,13?/m0/s1. The van der Waals surface area contributed by atoms with Gasteiger partial charge in [0.1, 0.15) is 5.60 Å². The van der Waals surface area contributed by atoms with E-state index in [0.29, 0.717) is 11.7 Å². The molecular weight excluding hydrogens is 230 g/mol. The normalized spacial score (nSPS) is 26.2. The first-order valence-corrected chi connectivity index (χ1v) is 6.89. The van der Waals surface area contributed by atoms with Crippen LogP contribution in [0.3, 0.4) is 0 Å². The van der Waals surface area contributed by atoms with Crippen LogP contribution in [0, 0.1) is 0 Å². The van der Waals surface area contributed by atoms with Gasteiger partial charge in [-0.1, -0.05) is 24.9 Å². The molecular formula is C13H23N3O2. The third-order valence-electron chi connectivity index (χ3n) is 3.57. The predicted octanol–water partition coefficient (Wildman–Crippen LogP) is 2.68. The molecule has 1 aliphatic rings. The molecule has 0 spiro atoms. The minimum Gasteiger partial charge on any atom is -0.367 e. The van der Waals surface area contributed by atoms with Gasteiger partial charge in [-0.05, 0) is 32.6 Å². The zero-order valence-corrected chi connectivity index (χ0v) is 11.3. The van der Waals surface area contributed by atoms with E-state index in [1.165, 1.54) is 0 Å². The van der Waals surface area contributed by atoms with E-state index in [2.05, 4.69) is 17.1 Å². The van der Waals surface area contributed by atoms with Crippen LogP contribution in [0.4, 0.5) is 0 Å². The second kappa shape index (κ2) is 5.80. The van der Waals surface area contributed by atoms with Crippen molar-refractivity contribution in [2.24, 2.45) is 5.73 Å². The van der Waals surface area contributed by atoms with Crippen molar-refractivity contribution in [3.8, 4) is 0 Å². The van der Waals surface area contributed by atoms with Crippen LogP contribution in [-0.2, 0) is 10.3 Å². The molecule has 2 atom stereocenters. The van der Waals surface area contributed by atoms with E-state index in [0.717, 1.165) is 45.1 Å². The number of aromatic nitrogens is 2. The SMILES string of the molecule is CCCC[C@H](N)c1nc(C2(C)CCCCO2)no1. The lowest BCUT2D eigenvalue weighted by atomic mass is 9.95. The lowest BCUT2D eigenvalue weighted by Crippen LogP contribution is -2.31. The molecule has 0 aliphatic carbocycles. The van der Waals surface area contributed by atoms with E-state index in [1.807, 2.05) is 6.92 Å². The van der Waals surface area contributed by atoms with Crippen molar-refractivity contribution in [2.45, 2.75) is 64.0 Å². The highest BCUT2D eigenvalue weighted by Crippen LogP contribution is 2.33. The van der Waals surface area contributed by atoms with Gasteiger partial charge in [-0.15, -0.1) is 0 Å². The summed E-state index contributed by atoms with van der Waals surface area (Å²) in [7, 11) is 0. The van der Waals surface area contributed by atoms with Crippen molar-refractivity contribution in [2.75, 3.05) is 6.61 Å². The monoisotopic (exact) mass is 253 g/mol. The molecule has 0 aromatic carbocycles. The molecule has 5 nitrogen and oxygen atoms in total. The van der Waals surface area contributed by atoms with E-state index in [1.54, 1.807) is 0 Å². The summed E-state index contributed by atoms with van der Waals surface area (Å²) in [6, 6.07) is -0.154. The summed E-state index contributed by atoms with van der Waals surface area (Å²) in [6.07, 6.45) is 6.27. The molecule has 1 aromatic rings. The van der Waals surface area contributed by atoms with E-state index in [-0.39, 0.29) is 6.04 Å². The van der Waals surface area contributed by atoms with Crippen molar-refractivity contribution in [1.29, 1.82) is 0 Å². The number of unbranched alkanes of at least 4 members (excludes halogenated alkanes) is 1. The highest BCUT2D eigenvalue weighted by atomic mass is 16.5. The lowest BCUT2D eigenvalue weighted by Gasteiger charge is -2.30. The minimum atomic E-state index is -0.398. The summed E-state index contributed by atoms with van der Waals surface area (Å²) in [5.41, 5.74) is 5.63. The molecule has 0 radical (unpaired) electrons. The maximum absolute atomic E-state index is 6.03. The van der Waals surface area contributed by atoms with Crippen molar-refractivity contribution >= 4 is 0 Å². The Morgan fingerprint density at radius 1 is 1.44 bits per heavy atom. The predicted molar refractivity (Wildman–Crippen MR) is 67.9 cm³/mol. The van der Waals surface area contributed by atoms with Gasteiger partial charge in [-0.3, -0.25) is 0 Å². The second-order valence-electron chi connectivity index (χ2n) is 5.24. The summed E-state index contributed by atoms with van der Waals surface area (Å²) < 4.78 is 11.1. The van der Waals surface area contributed by atoms with Crippen LogP contribution in [0.2, 0.25) is 0 Å². The zero-order chi connectivity index (χ0) is 13.0. The van der Waals surface area contributed by atoms with Gasteiger partial charge in [0.25, 0.3) is 0 Å². The van der Waals surface area contributed by atoms with E-state index in [9.17, 15) is 0 Å². The van der Waals surface area contributed by atoms with Crippen LogP contribution in [-0.4, -0.2) is 16.7 Å². The van der Waals surface area contributed by atoms with Gasteiger partial charge in [-0.25, -0.2) is 0 Å². The fourth-order valence-corrected chi connectivity index (χ4v) is 2.26. The second-order valence-corrected chi connectivity index (χ2v) is 5.24. The van der Waals surface area contributed by atoms with Crippen molar-refractivity contribution in [3.63, 3.8) is 0 Å². The average molecular weight is 253 g/mol. The Morgan fingerprint density at radius 2 is 2.28 bits per heavy atom. The van der Waals surface area contributed by atoms with Gasteiger partial charge in [0.15, 0.2) is 0 Å². The lowest BCUT2D eigenvalue weighted by molar-refractivity contribution is -0.0770. The molecule has 102 valence electrons. The number of ether oxygens (including phenoxy) is 1. The Bertz CT molecular complexity index is 372. The molecule has 2 N–H and O–H groups in total. The van der Waals surface area contributed by atoms with Crippen LogP contribution in [0.1, 0.15) is 70.1 Å². The molecule has 1 unspecified atom stereocenters. The molecule has 5 heteroatoms. The molecule has 2 rings (SSSR count). The highest BCUT2D eigenvalue weighted by Gasteiger charge is 2.35. The number of nitrogens with zero attached hydrogens (tertiary/aromatic N) is 2. The van der Waals surface area contributed by atoms with Crippen molar-refractivity contribution in [1.82, 2.24) is 10.1 Å². The molecule has 1 aliphatic heterocycles. The van der Waals surface area contributed by atoms with Gasteiger partial charge >= 0.3 is 0 Å². The smallest absolute Gasteiger partial charge is 0.243 e. The van der Waals surface area contributed by atoms with Gasteiger partial charge in [-0.2, -0.15) is 4.98 Å². The van der Waals surface area contributed by atoms with E-state index < -0.39 is 5.60 Å². The maximum Gasteiger partial charge on any atom is 0.243 e. The van der Waals surface area contributed by atoms with Crippen LogP contribution >= 0.6 is 0 Å². The van der Waals surface area contributed by atoms with Gasteiger partial charge in [0, 0.05) is 6.61 Å². The number of hydrogen-bond acceptors (Lipinski definition) is 5. The number of hydrogen-bond donors (Lipinski definition) is 1. The van der Waals surface area contributed by atoms with Crippen LogP contribution in [0.25, 0.3) is 0 Å². The van der Waals surface area contributed by atoms with Crippen LogP contribution < -0.4 is 5.73 Å². The quantitative estimate of drug-likeness (QED) is 0.873. The molecule has 1 fully saturated rings. The summed E-state index contributed by atoms with van der Waals surface area (Å²) in [5.74, 6) is 1.18. The van der Waals surface area contributed by atoms with Gasteiger partial charge < -0.3 is 15.0 Å². The summed E-state index contributed by atoms with van der Waals surface area (Å²) in [6.45, 7) is 4.93. The Kier molecular flexibility index (Phi) is 4.35. The first kappa shape index (κ1) is 13.5. The van der Waals surface area contributed by atoms with Gasteiger partial charge in [0.2, 0.25) is 11.7 Å². The molecule has 1 aromatic heterocycles. The van der Waals surface area contributed by atoms with Crippen LogP contribution in [0.5, 0.6) is 0 Å². The molecule has 0 amide bonds. The Hall–Kier alpha value is -0.940. The fraction of sp³-hybridized carbons (Fsp3) is 0.846. The first-order chi connectivity index (χ1) is 8.65. The summed E-state index contributed by atoms with van der Waals surface area (Å²) >= 11 is 0. The fourth-order valence-electron chi connectivity index (χ4n) is 2.26. The minimum absolute atomic E-state index is 0.154.